The van der Waals surface area contributed by atoms with Crippen LogP contribution in [0.5, 0.6) is 0 Å². The minimum absolute atomic E-state index is 0.118. The topological polar surface area (TPSA) is 116 Å². The van der Waals surface area contributed by atoms with Gasteiger partial charge < -0.3 is 9.73 Å². The van der Waals surface area contributed by atoms with Crippen molar-refractivity contribution in [3.05, 3.63) is 78.9 Å². The number of rotatable bonds is 4. The highest BCUT2D eigenvalue weighted by Crippen LogP contribution is 2.25. The van der Waals surface area contributed by atoms with E-state index in [0.29, 0.717) is 17.4 Å². The van der Waals surface area contributed by atoms with Crippen LogP contribution in [0.3, 0.4) is 0 Å². The van der Waals surface area contributed by atoms with E-state index in [0.717, 1.165) is 17.1 Å². The number of aromatic nitrogens is 3. The van der Waals surface area contributed by atoms with Gasteiger partial charge in [0.2, 0.25) is 0 Å². The first kappa shape index (κ1) is 20.3. The van der Waals surface area contributed by atoms with Crippen molar-refractivity contribution in [1.29, 1.82) is 0 Å². The maximum atomic E-state index is 13.0. The van der Waals surface area contributed by atoms with Crippen molar-refractivity contribution >= 4 is 33.6 Å². The summed E-state index contributed by atoms with van der Waals surface area (Å²) in [6.07, 6.45) is 2.83. The van der Waals surface area contributed by atoms with Gasteiger partial charge in [0.15, 0.2) is 16.8 Å². The van der Waals surface area contributed by atoms with Crippen LogP contribution in [0.1, 0.15) is 29.5 Å². The Hall–Kier alpha value is -4.01. The molecule has 0 aliphatic carbocycles. The minimum atomic E-state index is -0.677. The quantitative estimate of drug-likeness (QED) is 0.539. The number of nitrogens with one attached hydrogen (secondary N) is 1. The van der Waals surface area contributed by atoms with Gasteiger partial charge in [0.1, 0.15) is 11.0 Å². The molecule has 0 saturated carbocycles. The number of anilines is 1. The lowest BCUT2D eigenvalue weighted by atomic mass is 10.1. The molecular weight excluding hydrogens is 400 g/mol. The lowest BCUT2D eigenvalue weighted by Gasteiger charge is -2.15. The monoisotopic (exact) mass is 420 g/mol. The lowest BCUT2D eigenvalue weighted by molar-refractivity contribution is 0.0997. The summed E-state index contributed by atoms with van der Waals surface area (Å²) in [7, 11) is 2.87. The van der Waals surface area contributed by atoms with Crippen LogP contribution in [0.4, 0.5) is 5.69 Å². The highest BCUT2D eigenvalue weighted by Gasteiger charge is 2.20. The average Bonchev–Trinajstić information content (AvgIpc) is 2.77. The van der Waals surface area contributed by atoms with Crippen molar-refractivity contribution < 1.29 is 9.21 Å². The molecule has 158 valence electrons. The average molecular weight is 420 g/mol. The SMILES string of the molecule is CCCc1cnc2c(c1NC(=O)c1cc(=O)c3ccccc3o1)c(=O)n(C)c(=O)n2C. The smallest absolute Gasteiger partial charge is 0.332 e. The molecule has 4 rings (SSSR count). The molecule has 3 aromatic heterocycles. The zero-order chi connectivity index (χ0) is 22.3. The summed E-state index contributed by atoms with van der Waals surface area (Å²) in [5.74, 6) is -0.860. The van der Waals surface area contributed by atoms with E-state index in [2.05, 4.69) is 10.3 Å². The van der Waals surface area contributed by atoms with E-state index in [1.165, 1.54) is 24.9 Å². The molecule has 1 aromatic carbocycles. The maximum Gasteiger partial charge on any atom is 0.332 e. The zero-order valence-electron chi connectivity index (χ0n) is 17.3. The summed E-state index contributed by atoms with van der Waals surface area (Å²) in [5, 5.41) is 3.20. The summed E-state index contributed by atoms with van der Waals surface area (Å²) < 4.78 is 7.83. The van der Waals surface area contributed by atoms with Gasteiger partial charge >= 0.3 is 5.69 Å². The molecule has 31 heavy (non-hydrogen) atoms. The van der Waals surface area contributed by atoms with Gasteiger partial charge in [-0.05, 0) is 24.1 Å². The molecule has 0 aliphatic heterocycles. The van der Waals surface area contributed by atoms with Gasteiger partial charge in [-0.25, -0.2) is 9.78 Å². The second-order valence-corrected chi connectivity index (χ2v) is 7.24. The van der Waals surface area contributed by atoms with Crippen molar-refractivity contribution in [3.8, 4) is 0 Å². The van der Waals surface area contributed by atoms with Gasteiger partial charge in [0, 0.05) is 26.4 Å². The third-order valence-electron chi connectivity index (χ3n) is 5.16. The molecule has 3 heterocycles. The Balaban J connectivity index is 1.92. The molecule has 0 unspecified atom stereocenters. The highest BCUT2D eigenvalue weighted by atomic mass is 16.3. The Kier molecular flexibility index (Phi) is 5.02. The molecule has 4 aromatic rings. The number of carbonyl (C=O) groups excluding carboxylic acids is 1. The van der Waals surface area contributed by atoms with Crippen molar-refractivity contribution in [2.24, 2.45) is 14.1 Å². The first-order valence-corrected chi connectivity index (χ1v) is 9.75. The van der Waals surface area contributed by atoms with Crippen LogP contribution in [-0.2, 0) is 20.5 Å². The molecule has 0 radical (unpaired) electrons. The van der Waals surface area contributed by atoms with Gasteiger partial charge in [-0.15, -0.1) is 0 Å². The second-order valence-electron chi connectivity index (χ2n) is 7.24. The van der Waals surface area contributed by atoms with Crippen LogP contribution < -0.4 is 22.0 Å². The Morgan fingerprint density at radius 3 is 2.61 bits per heavy atom. The molecule has 0 fully saturated rings. The Morgan fingerprint density at radius 1 is 1.13 bits per heavy atom. The first-order chi connectivity index (χ1) is 14.8. The maximum absolute atomic E-state index is 13.0. The zero-order valence-corrected chi connectivity index (χ0v) is 17.3. The van der Waals surface area contributed by atoms with Crippen LogP contribution in [0, 0.1) is 0 Å². The van der Waals surface area contributed by atoms with Gasteiger partial charge in [0.05, 0.1) is 11.1 Å². The van der Waals surface area contributed by atoms with Crippen LogP contribution >= 0.6 is 0 Å². The van der Waals surface area contributed by atoms with E-state index in [-0.39, 0.29) is 33.5 Å². The van der Waals surface area contributed by atoms with Crippen LogP contribution in [0.25, 0.3) is 22.0 Å². The summed E-state index contributed by atoms with van der Waals surface area (Å²) >= 11 is 0. The first-order valence-electron chi connectivity index (χ1n) is 9.75. The number of para-hydroxylation sites is 1. The molecule has 9 heteroatoms. The van der Waals surface area contributed by atoms with E-state index in [9.17, 15) is 19.2 Å². The van der Waals surface area contributed by atoms with Gasteiger partial charge in [-0.3, -0.25) is 23.5 Å². The number of nitrogens with zero attached hydrogens (tertiary/aromatic N) is 3. The summed E-state index contributed by atoms with van der Waals surface area (Å²) in [5.41, 5.74) is -0.107. The Morgan fingerprint density at radius 2 is 1.87 bits per heavy atom. The number of benzene rings is 1. The molecule has 0 bridgehead atoms. The van der Waals surface area contributed by atoms with Crippen LogP contribution in [-0.4, -0.2) is 20.0 Å². The third kappa shape index (κ3) is 3.33. The molecule has 0 spiro atoms. The van der Waals surface area contributed by atoms with E-state index in [4.69, 9.17) is 4.42 Å². The molecular formula is C22H20N4O5. The van der Waals surface area contributed by atoms with Crippen molar-refractivity contribution in [1.82, 2.24) is 14.1 Å². The number of fused-ring (bicyclic) bond motifs is 2. The molecule has 0 atom stereocenters. The Labute approximate surface area is 175 Å². The van der Waals surface area contributed by atoms with E-state index >= 15 is 0 Å². The second kappa shape index (κ2) is 7.67. The number of aryl methyl sites for hydroxylation is 2. The molecule has 1 amide bonds. The normalized spacial score (nSPS) is 11.2. The van der Waals surface area contributed by atoms with Gasteiger partial charge in [-0.2, -0.15) is 0 Å². The number of hydrogen-bond donors (Lipinski definition) is 1. The molecule has 0 aliphatic rings. The summed E-state index contributed by atoms with van der Waals surface area (Å²) in [6.45, 7) is 1.96. The minimum Gasteiger partial charge on any atom is -0.451 e. The van der Waals surface area contributed by atoms with Crippen molar-refractivity contribution in [3.63, 3.8) is 0 Å². The summed E-state index contributed by atoms with van der Waals surface area (Å²) in [6, 6.07) is 7.74. The largest absolute Gasteiger partial charge is 0.451 e. The summed E-state index contributed by atoms with van der Waals surface area (Å²) in [4.78, 5) is 54.9. The predicted molar refractivity (Wildman–Crippen MR) is 117 cm³/mol. The predicted octanol–water partition coefficient (Wildman–Crippen LogP) is 1.94. The van der Waals surface area contributed by atoms with Crippen LogP contribution in [0.2, 0.25) is 0 Å². The lowest BCUT2D eigenvalue weighted by Crippen LogP contribution is -2.38. The number of pyridine rings is 1. The van der Waals surface area contributed by atoms with E-state index in [1.807, 2.05) is 6.92 Å². The van der Waals surface area contributed by atoms with Crippen LogP contribution in [0.15, 0.2) is 55.3 Å². The standard InChI is InChI=1S/C22H20N4O5/c1-4-7-12-11-23-19-17(21(29)26(3)22(30)25(19)2)18(12)24-20(28)16-10-14(27)13-8-5-6-9-15(13)31-16/h5-6,8-11H,4,7H2,1-3H3,(H,23,24,28). The van der Waals surface area contributed by atoms with E-state index < -0.39 is 17.2 Å². The highest BCUT2D eigenvalue weighted by molar-refractivity contribution is 6.08. The van der Waals surface area contributed by atoms with E-state index in [1.54, 1.807) is 24.3 Å². The van der Waals surface area contributed by atoms with Crippen molar-refractivity contribution in [2.75, 3.05) is 5.32 Å². The fraction of sp³-hybridized carbons (Fsp3) is 0.227. The third-order valence-corrected chi connectivity index (χ3v) is 5.16. The molecule has 0 saturated heterocycles. The van der Waals surface area contributed by atoms with Crippen molar-refractivity contribution in [2.45, 2.75) is 19.8 Å². The fourth-order valence-corrected chi connectivity index (χ4v) is 3.56. The Bertz CT molecular complexity index is 1530. The fourth-order valence-electron chi connectivity index (χ4n) is 3.56. The van der Waals surface area contributed by atoms with Gasteiger partial charge in [-0.1, -0.05) is 25.5 Å². The number of hydrogen-bond acceptors (Lipinski definition) is 6. The van der Waals surface area contributed by atoms with Gasteiger partial charge in [0.25, 0.3) is 11.5 Å². The number of amides is 1. The number of carbonyl (C=O) groups is 1. The molecule has 9 nitrogen and oxygen atoms in total. The molecule has 1 N–H and O–H groups in total.